The first-order valence-electron chi connectivity index (χ1n) is 8.60. The number of furan rings is 1. The van der Waals surface area contributed by atoms with Gasteiger partial charge in [0.05, 0.1) is 5.75 Å². The molecule has 0 saturated carbocycles. The summed E-state index contributed by atoms with van der Waals surface area (Å²) in [6.45, 7) is 4.24. The molecule has 0 saturated heterocycles. The van der Waals surface area contributed by atoms with Crippen molar-refractivity contribution in [3.05, 3.63) is 78.8 Å². The molecule has 4 rings (SSSR count). The molecule has 0 N–H and O–H groups in total. The van der Waals surface area contributed by atoms with Crippen molar-refractivity contribution >= 4 is 28.5 Å². The zero-order valence-corrected chi connectivity index (χ0v) is 15.7. The molecule has 140 valence electrons. The number of hydrogen-bond acceptors (Lipinski definition) is 5. The van der Waals surface area contributed by atoms with E-state index in [2.05, 4.69) is 16.8 Å². The van der Waals surface area contributed by atoms with Gasteiger partial charge in [-0.15, -0.1) is 16.8 Å². The quantitative estimate of drug-likeness (QED) is 0.251. The summed E-state index contributed by atoms with van der Waals surface area (Å²) in [4.78, 5) is 12.5. The number of aromatic nitrogens is 3. The average Bonchev–Trinajstić information content (AvgIpc) is 3.31. The van der Waals surface area contributed by atoms with Crippen molar-refractivity contribution in [1.29, 1.82) is 0 Å². The summed E-state index contributed by atoms with van der Waals surface area (Å²) >= 11 is 1.28. The highest BCUT2D eigenvalue weighted by Crippen LogP contribution is 2.26. The second-order valence-corrected chi connectivity index (χ2v) is 7.02. The molecular weight excluding hydrogens is 377 g/mol. The molecule has 7 heteroatoms. The van der Waals surface area contributed by atoms with E-state index in [9.17, 15) is 9.18 Å². The van der Waals surface area contributed by atoms with Gasteiger partial charge in [-0.3, -0.25) is 9.36 Å². The van der Waals surface area contributed by atoms with Crippen LogP contribution in [0.1, 0.15) is 10.6 Å². The van der Waals surface area contributed by atoms with Gasteiger partial charge in [-0.1, -0.05) is 36.0 Å². The number of ketones is 1. The second-order valence-electron chi connectivity index (χ2n) is 6.07. The van der Waals surface area contributed by atoms with E-state index < -0.39 is 0 Å². The van der Waals surface area contributed by atoms with Gasteiger partial charge < -0.3 is 4.42 Å². The Morgan fingerprint density at radius 2 is 1.96 bits per heavy atom. The van der Waals surface area contributed by atoms with Crippen LogP contribution in [0.15, 0.2) is 76.8 Å². The highest BCUT2D eigenvalue weighted by Gasteiger charge is 2.17. The number of para-hydroxylation sites is 1. The molecule has 28 heavy (non-hydrogen) atoms. The Kier molecular flexibility index (Phi) is 5.08. The number of hydrogen-bond donors (Lipinski definition) is 0. The van der Waals surface area contributed by atoms with E-state index in [4.69, 9.17) is 4.42 Å². The van der Waals surface area contributed by atoms with Gasteiger partial charge in [-0.2, -0.15) is 0 Å². The molecule has 0 unspecified atom stereocenters. The normalized spacial score (nSPS) is 11.0. The minimum Gasteiger partial charge on any atom is -0.453 e. The molecule has 0 aliphatic rings. The molecule has 0 aliphatic carbocycles. The number of nitrogens with zero attached hydrogens (tertiary/aromatic N) is 3. The van der Waals surface area contributed by atoms with E-state index >= 15 is 0 Å². The van der Waals surface area contributed by atoms with Crippen LogP contribution in [0.2, 0.25) is 0 Å². The third-order valence-corrected chi connectivity index (χ3v) is 5.13. The van der Waals surface area contributed by atoms with Crippen LogP contribution in [0, 0.1) is 5.82 Å². The third-order valence-electron chi connectivity index (χ3n) is 4.16. The minimum atomic E-state index is -0.315. The van der Waals surface area contributed by atoms with Crippen molar-refractivity contribution in [2.45, 2.75) is 11.7 Å². The van der Waals surface area contributed by atoms with Gasteiger partial charge in [0.25, 0.3) is 0 Å². The molecule has 2 aromatic heterocycles. The van der Waals surface area contributed by atoms with Gasteiger partial charge in [-0.25, -0.2) is 4.39 Å². The van der Waals surface area contributed by atoms with Crippen molar-refractivity contribution in [2.24, 2.45) is 0 Å². The molecule has 2 aromatic carbocycles. The lowest BCUT2D eigenvalue weighted by molar-refractivity contribution is 0.0994. The predicted molar refractivity (Wildman–Crippen MR) is 107 cm³/mol. The molecule has 0 amide bonds. The first kappa shape index (κ1) is 18.2. The van der Waals surface area contributed by atoms with Crippen molar-refractivity contribution in [3.8, 4) is 11.4 Å². The number of carbonyl (C=O) groups is 1. The second kappa shape index (κ2) is 7.82. The van der Waals surface area contributed by atoms with Crippen LogP contribution in [0.5, 0.6) is 0 Å². The fourth-order valence-electron chi connectivity index (χ4n) is 2.82. The first-order chi connectivity index (χ1) is 13.7. The Morgan fingerprint density at radius 3 is 2.71 bits per heavy atom. The van der Waals surface area contributed by atoms with E-state index in [1.165, 1.54) is 23.9 Å². The number of Topliss-reactive ketones (excluding diaryl/α,β-unsaturated/α-hetero) is 1. The maximum Gasteiger partial charge on any atom is 0.208 e. The van der Waals surface area contributed by atoms with Crippen LogP contribution < -0.4 is 0 Å². The lowest BCUT2D eigenvalue weighted by Gasteiger charge is -2.07. The lowest BCUT2D eigenvalue weighted by atomic mass is 10.2. The maximum atomic E-state index is 13.2. The van der Waals surface area contributed by atoms with Crippen LogP contribution in [0.4, 0.5) is 4.39 Å². The Bertz CT molecular complexity index is 1120. The van der Waals surface area contributed by atoms with Crippen LogP contribution in [0.25, 0.3) is 22.4 Å². The van der Waals surface area contributed by atoms with Gasteiger partial charge in [0, 0.05) is 17.5 Å². The highest BCUT2D eigenvalue weighted by atomic mass is 32.2. The summed E-state index contributed by atoms with van der Waals surface area (Å²) in [6.07, 6.45) is 1.72. The summed E-state index contributed by atoms with van der Waals surface area (Å²) in [5, 5.41) is 9.88. The van der Waals surface area contributed by atoms with Crippen molar-refractivity contribution in [2.75, 3.05) is 5.75 Å². The van der Waals surface area contributed by atoms with Gasteiger partial charge in [0.15, 0.2) is 16.7 Å². The molecular formula is C21H16FN3O2S. The molecule has 4 aromatic rings. The molecule has 0 atom stereocenters. The summed E-state index contributed by atoms with van der Waals surface area (Å²) < 4.78 is 20.7. The van der Waals surface area contributed by atoms with Gasteiger partial charge in [-0.05, 0) is 36.4 Å². The molecule has 5 nitrogen and oxygen atoms in total. The van der Waals surface area contributed by atoms with Crippen molar-refractivity contribution in [3.63, 3.8) is 0 Å². The summed E-state index contributed by atoms with van der Waals surface area (Å²) in [7, 11) is 0. The lowest BCUT2D eigenvalue weighted by Crippen LogP contribution is -2.04. The van der Waals surface area contributed by atoms with Gasteiger partial charge in [0.2, 0.25) is 5.78 Å². The number of fused-ring (bicyclic) bond motifs is 1. The smallest absolute Gasteiger partial charge is 0.208 e. The fraction of sp³-hybridized carbons (Fsp3) is 0.0952. The first-order valence-corrected chi connectivity index (χ1v) is 9.59. The Morgan fingerprint density at radius 1 is 1.18 bits per heavy atom. The zero-order chi connectivity index (χ0) is 19.5. The van der Waals surface area contributed by atoms with E-state index in [0.717, 1.165) is 10.9 Å². The predicted octanol–water partition coefficient (Wildman–Crippen LogP) is 4.99. The number of rotatable bonds is 7. The molecule has 0 radical (unpaired) electrons. The molecule has 0 aliphatic heterocycles. The molecule has 0 spiro atoms. The Hall–Kier alpha value is -3.19. The van der Waals surface area contributed by atoms with E-state index in [1.807, 2.05) is 28.8 Å². The summed E-state index contributed by atoms with van der Waals surface area (Å²) in [6, 6.07) is 15.3. The van der Waals surface area contributed by atoms with Crippen LogP contribution in [0.3, 0.4) is 0 Å². The number of benzene rings is 2. The third kappa shape index (κ3) is 3.61. The fourth-order valence-corrected chi connectivity index (χ4v) is 3.64. The van der Waals surface area contributed by atoms with Crippen LogP contribution >= 0.6 is 11.8 Å². The SMILES string of the molecule is C=CCn1c(SCC(=O)c2cc3ccccc3o2)nnc1-c1ccc(F)cc1. The monoisotopic (exact) mass is 393 g/mol. The van der Waals surface area contributed by atoms with Gasteiger partial charge >= 0.3 is 0 Å². The number of allylic oxidation sites excluding steroid dienone is 1. The topological polar surface area (TPSA) is 60.9 Å². The minimum absolute atomic E-state index is 0.127. The molecule has 2 heterocycles. The Labute approximate surface area is 164 Å². The van der Waals surface area contributed by atoms with Crippen LogP contribution in [-0.2, 0) is 6.54 Å². The molecule has 0 fully saturated rings. The number of carbonyl (C=O) groups excluding carboxylic acids is 1. The largest absolute Gasteiger partial charge is 0.453 e. The Balaban J connectivity index is 1.54. The van der Waals surface area contributed by atoms with Gasteiger partial charge in [0.1, 0.15) is 11.4 Å². The average molecular weight is 393 g/mol. The highest BCUT2D eigenvalue weighted by molar-refractivity contribution is 7.99. The van der Waals surface area contributed by atoms with E-state index in [-0.39, 0.29) is 17.4 Å². The standard InChI is InChI=1S/C21H16FN3O2S/c1-2-11-25-20(14-7-9-16(22)10-8-14)23-24-21(25)28-13-17(26)19-12-15-5-3-4-6-18(15)27-19/h2-10,12H,1,11,13H2. The van der Waals surface area contributed by atoms with E-state index in [0.29, 0.717) is 28.9 Å². The zero-order valence-electron chi connectivity index (χ0n) is 14.8. The summed E-state index contributed by atoms with van der Waals surface area (Å²) in [5.41, 5.74) is 1.43. The van der Waals surface area contributed by atoms with Crippen molar-refractivity contribution < 1.29 is 13.6 Å². The number of halogens is 1. The van der Waals surface area contributed by atoms with Crippen molar-refractivity contribution in [1.82, 2.24) is 14.8 Å². The number of thioether (sulfide) groups is 1. The van der Waals surface area contributed by atoms with E-state index in [1.54, 1.807) is 24.3 Å². The van der Waals surface area contributed by atoms with Crippen LogP contribution in [-0.4, -0.2) is 26.3 Å². The maximum absolute atomic E-state index is 13.2. The summed E-state index contributed by atoms with van der Waals surface area (Å²) in [5.74, 6) is 0.640. The molecule has 0 bridgehead atoms.